The van der Waals surface area contributed by atoms with Gasteiger partial charge in [-0.15, -0.1) is 0 Å². The van der Waals surface area contributed by atoms with Crippen LogP contribution < -0.4 is 9.62 Å². The number of rotatable bonds is 8. The monoisotopic (exact) mass is 447 g/mol. The quantitative estimate of drug-likeness (QED) is 0.487. The molecule has 2 aromatic carbocycles. The van der Waals surface area contributed by atoms with Crippen LogP contribution in [0.4, 0.5) is 11.4 Å². The van der Waals surface area contributed by atoms with Gasteiger partial charge in [0.05, 0.1) is 22.9 Å². The highest BCUT2D eigenvalue weighted by Gasteiger charge is 2.34. The molecule has 0 aliphatic heterocycles. The third-order valence-electron chi connectivity index (χ3n) is 5.23. The first kappa shape index (κ1) is 24.3. The second-order valence-electron chi connectivity index (χ2n) is 7.80. The third kappa shape index (κ3) is 5.61. The van der Waals surface area contributed by atoms with Crippen molar-refractivity contribution in [1.82, 2.24) is 5.32 Å². The summed E-state index contributed by atoms with van der Waals surface area (Å²) in [5.74, 6) is -0.466. The Bertz CT molecular complexity index is 1100. The minimum Gasteiger partial charge on any atom is -0.348 e. The Morgan fingerprint density at radius 2 is 1.74 bits per heavy atom. The number of hydrogen-bond acceptors (Lipinski definition) is 5. The maximum Gasteiger partial charge on any atom is 0.271 e. The molecule has 0 fully saturated rings. The summed E-state index contributed by atoms with van der Waals surface area (Å²) in [6.07, 6.45) is 1.19. The fourth-order valence-electron chi connectivity index (χ4n) is 3.60. The van der Waals surface area contributed by atoms with Gasteiger partial charge in [0.2, 0.25) is 15.9 Å². The Hall–Kier alpha value is -2.94. The predicted octanol–water partition coefficient (Wildman–Crippen LogP) is 3.94. The lowest BCUT2D eigenvalue weighted by Gasteiger charge is -2.32. The Labute approximate surface area is 183 Å². The zero-order chi connectivity index (χ0) is 23.5. The van der Waals surface area contributed by atoms with Crippen molar-refractivity contribution in [2.45, 2.75) is 53.1 Å². The molecule has 2 rings (SSSR count). The first-order chi connectivity index (χ1) is 14.4. The van der Waals surface area contributed by atoms with Crippen molar-refractivity contribution in [3.05, 3.63) is 68.8 Å². The average Bonchev–Trinajstić information content (AvgIpc) is 2.67. The Balaban J connectivity index is 2.46. The molecule has 2 atom stereocenters. The summed E-state index contributed by atoms with van der Waals surface area (Å²) in [6, 6.07) is 8.54. The van der Waals surface area contributed by atoms with Crippen LogP contribution in [0.3, 0.4) is 0 Å². The fourth-order valence-corrected chi connectivity index (χ4v) is 4.86. The van der Waals surface area contributed by atoms with Gasteiger partial charge in [-0.25, -0.2) is 8.42 Å². The first-order valence-corrected chi connectivity index (χ1v) is 11.8. The molecule has 1 amide bonds. The van der Waals surface area contributed by atoms with E-state index in [2.05, 4.69) is 5.32 Å². The molecule has 0 saturated heterocycles. The van der Waals surface area contributed by atoms with Gasteiger partial charge in [0, 0.05) is 12.1 Å². The van der Waals surface area contributed by atoms with Gasteiger partial charge in [0.15, 0.2) is 0 Å². The smallest absolute Gasteiger partial charge is 0.271 e. The third-order valence-corrected chi connectivity index (χ3v) is 6.40. The lowest BCUT2D eigenvalue weighted by molar-refractivity contribution is -0.384. The molecule has 0 aliphatic carbocycles. The van der Waals surface area contributed by atoms with Crippen molar-refractivity contribution in [2.75, 3.05) is 10.6 Å². The highest BCUT2D eigenvalue weighted by molar-refractivity contribution is 7.92. The molecule has 0 saturated carbocycles. The number of nitro benzene ring substituents is 1. The normalized spacial score (nSPS) is 13.4. The minimum atomic E-state index is -3.90. The molecule has 2 aromatic rings. The van der Waals surface area contributed by atoms with Crippen molar-refractivity contribution < 1.29 is 18.1 Å². The number of sulfonamides is 1. The van der Waals surface area contributed by atoms with E-state index in [4.69, 9.17) is 0 Å². The SMILES string of the molecule is CCC(C(=O)NC(C)c1cc(C)ccc1C)N(c1cc([N+](=O)[O-])ccc1C)S(C)(=O)=O. The van der Waals surface area contributed by atoms with Crippen LogP contribution in [0.1, 0.15) is 48.6 Å². The van der Waals surface area contributed by atoms with E-state index < -0.39 is 26.9 Å². The van der Waals surface area contributed by atoms with Gasteiger partial charge in [-0.3, -0.25) is 19.2 Å². The molecule has 8 nitrogen and oxygen atoms in total. The summed E-state index contributed by atoms with van der Waals surface area (Å²) in [5, 5.41) is 14.1. The summed E-state index contributed by atoms with van der Waals surface area (Å²) in [4.78, 5) is 23.8. The number of benzene rings is 2. The molecular formula is C22H29N3O5S. The standard InChI is InChI=1S/C22H29N3O5S/c1-7-20(22(26)23-17(5)19-12-14(2)8-9-15(19)3)24(31(6,29)30)21-13-18(25(27)28)11-10-16(21)4/h8-13,17,20H,7H2,1-6H3,(H,23,26). The van der Waals surface area contributed by atoms with Crippen LogP contribution in [-0.4, -0.2) is 31.5 Å². The van der Waals surface area contributed by atoms with Crippen LogP contribution in [-0.2, 0) is 14.8 Å². The maximum absolute atomic E-state index is 13.2. The lowest BCUT2D eigenvalue weighted by atomic mass is 9.99. The first-order valence-electron chi connectivity index (χ1n) is 9.98. The second-order valence-corrected chi connectivity index (χ2v) is 9.66. The van der Waals surface area contributed by atoms with Crippen molar-refractivity contribution in [3.63, 3.8) is 0 Å². The van der Waals surface area contributed by atoms with Gasteiger partial charge in [-0.1, -0.05) is 36.8 Å². The predicted molar refractivity (Wildman–Crippen MR) is 122 cm³/mol. The van der Waals surface area contributed by atoms with Gasteiger partial charge in [0.25, 0.3) is 5.69 Å². The van der Waals surface area contributed by atoms with Crippen LogP contribution in [0.15, 0.2) is 36.4 Å². The number of nitrogens with zero attached hydrogens (tertiary/aromatic N) is 2. The van der Waals surface area contributed by atoms with E-state index in [1.54, 1.807) is 13.8 Å². The van der Waals surface area contributed by atoms with E-state index >= 15 is 0 Å². The Kier molecular flexibility index (Phi) is 7.43. The van der Waals surface area contributed by atoms with Gasteiger partial charge in [-0.2, -0.15) is 0 Å². The maximum atomic E-state index is 13.2. The van der Waals surface area contributed by atoms with Crippen LogP contribution in [0.25, 0.3) is 0 Å². The summed E-state index contributed by atoms with van der Waals surface area (Å²) in [5.41, 5.74) is 3.41. The van der Waals surface area contributed by atoms with Crippen LogP contribution in [0, 0.1) is 30.9 Å². The van der Waals surface area contributed by atoms with E-state index in [1.165, 1.54) is 18.2 Å². The summed E-state index contributed by atoms with van der Waals surface area (Å²) >= 11 is 0. The number of carbonyl (C=O) groups excluding carboxylic acids is 1. The topological polar surface area (TPSA) is 110 Å². The van der Waals surface area contributed by atoms with Crippen molar-refractivity contribution in [2.24, 2.45) is 0 Å². The molecule has 0 aromatic heterocycles. The number of hydrogen-bond donors (Lipinski definition) is 1. The summed E-state index contributed by atoms with van der Waals surface area (Å²) in [7, 11) is -3.90. The molecule has 0 radical (unpaired) electrons. The molecular weight excluding hydrogens is 418 g/mol. The number of carbonyl (C=O) groups is 1. The zero-order valence-electron chi connectivity index (χ0n) is 18.7. The second kappa shape index (κ2) is 9.47. The highest BCUT2D eigenvalue weighted by Crippen LogP contribution is 2.30. The van der Waals surface area contributed by atoms with Crippen molar-refractivity contribution in [3.8, 4) is 0 Å². The molecule has 0 heterocycles. The molecule has 9 heteroatoms. The van der Waals surface area contributed by atoms with Crippen LogP contribution in [0.2, 0.25) is 0 Å². The number of amides is 1. The van der Waals surface area contributed by atoms with Crippen LogP contribution in [0.5, 0.6) is 0 Å². The largest absolute Gasteiger partial charge is 0.348 e. The van der Waals surface area contributed by atoms with Gasteiger partial charge < -0.3 is 5.32 Å². The molecule has 0 bridgehead atoms. The lowest BCUT2D eigenvalue weighted by Crippen LogP contribution is -2.50. The zero-order valence-corrected chi connectivity index (χ0v) is 19.5. The minimum absolute atomic E-state index is 0.123. The van der Waals surface area contributed by atoms with Crippen LogP contribution >= 0.6 is 0 Å². The van der Waals surface area contributed by atoms with Gasteiger partial charge >= 0.3 is 0 Å². The van der Waals surface area contributed by atoms with Gasteiger partial charge in [0.1, 0.15) is 6.04 Å². The molecule has 31 heavy (non-hydrogen) atoms. The Morgan fingerprint density at radius 3 is 2.29 bits per heavy atom. The average molecular weight is 448 g/mol. The van der Waals surface area contributed by atoms with Crippen molar-refractivity contribution >= 4 is 27.3 Å². The van der Waals surface area contributed by atoms with Gasteiger partial charge in [-0.05, 0) is 50.8 Å². The van der Waals surface area contributed by atoms with E-state index in [0.29, 0.717) is 5.56 Å². The molecule has 2 unspecified atom stereocenters. The molecule has 1 N–H and O–H groups in total. The fraction of sp³-hybridized carbons (Fsp3) is 0.409. The number of aryl methyl sites for hydroxylation is 3. The van der Waals surface area contributed by atoms with E-state index in [9.17, 15) is 23.3 Å². The Morgan fingerprint density at radius 1 is 1.13 bits per heavy atom. The summed E-state index contributed by atoms with van der Waals surface area (Å²) in [6.45, 7) is 9.11. The van der Waals surface area contributed by atoms with Crippen molar-refractivity contribution in [1.29, 1.82) is 0 Å². The molecule has 168 valence electrons. The molecule has 0 spiro atoms. The number of nitro groups is 1. The molecule has 0 aliphatic rings. The number of anilines is 1. The highest BCUT2D eigenvalue weighted by atomic mass is 32.2. The van der Waals surface area contributed by atoms with E-state index in [-0.39, 0.29) is 23.8 Å². The number of nitrogens with one attached hydrogen (secondary N) is 1. The van der Waals surface area contributed by atoms with E-state index in [0.717, 1.165) is 27.3 Å². The summed E-state index contributed by atoms with van der Waals surface area (Å²) < 4.78 is 26.4. The number of non-ortho nitro benzene ring substituents is 1. The van der Waals surface area contributed by atoms with E-state index in [1.807, 2.05) is 39.0 Å².